The number of carbonyl (C=O) groups excluding carboxylic acids is 1. The zero-order valence-electron chi connectivity index (χ0n) is 11.4. The molecule has 2 N–H and O–H groups in total. The highest BCUT2D eigenvalue weighted by Crippen LogP contribution is 2.16. The molecule has 20 heavy (non-hydrogen) atoms. The minimum atomic E-state index is -0.318. The molecule has 8 nitrogen and oxygen atoms in total. The highest BCUT2D eigenvalue weighted by Gasteiger charge is 2.32. The molecule has 1 aromatic heterocycles. The molecule has 0 bridgehead atoms. The number of morpholine rings is 1. The average molecular weight is 281 g/mol. The molecule has 3 rings (SSSR count). The third kappa shape index (κ3) is 2.41. The lowest BCUT2D eigenvalue weighted by Crippen LogP contribution is -2.52. The molecule has 2 unspecified atom stereocenters. The maximum atomic E-state index is 12.5. The second-order valence-electron chi connectivity index (χ2n) is 5.34. The predicted molar refractivity (Wildman–Crippen MR) is 69.3 cm³/mol. The SMILES string of the molecule is CC1COC(CO)CN1C(=O)c1cn(C2CNC2)nn1. The second-order valence-corrected chi connectivity index (χ2v) is 5.34. The Hall–Kier alpha value is -1.51. The van der Waals surface area contributed by atoms with Crippen LogP contribution in [0.2, 0.25) is 0 Å². The van der Waals surface area contributed by atoms with Crippen LogP contribution in [0.4, 0.5) is 0 Å². The third-order valence-electron chi connectivity index (χ3n) is 3.83. The summed E-state index contributed by atoms with van der Waals surface area (Å²) in [4.78, 5) is 14.2. The Bertz CT molecular complexity index is 487. The first kappa shape index (κ1) is 13.5. The van der Waals surface area contributed by atoms with Gasteiger partial charge in [-0.2, -0.15) is 0 Å². The zero-order valence-corrected chi connectivity index (χ0v) is 11.4. The van der Waals surface area contributed by atoms with Gasteiger partial charge in [-0.3, -0.25) is 4.79 Å². The summed E-state index contributed by atoms with van der Waals surface area (Å²) in [5.41, 5.74) is 0.349. The van der Waals surface area contributed by atoms with E-state index in [2.05, 4.69) is 15.6 Å². The van der Waals surface area contributed by atoms with Crippen molar-refractivity contribution >= 4 is 5.91 Å². The first-order valence-electron chi connectivity index (χ1n) is 6.85. The first-order chi connectivity index (χ1) is 9.69. The van der Waals surface area contributed by atoms with Crippen LogP contribution in [0, 0.1) is 0 Å². The molecule has 0 aliphatic carbocycles. The van der Waals surface area contributed by atoms with Crippen LogP contribution in [-0.2, 0) is 4.74 Å². The summed E-state index contributed by atoms with van der Waals surface area (Å²) in [6, 6.07) is 0.261. The second kappa shape index (κ2) is 5.47. The van der Waals surface area contributed by atoms with E-state index in [4.69, 9.17) is 9.84 Å². The van der Waals surface area contributed by atoms with E-state index in [0.717, 1.165) is 13.1 Å². The normalized spacial score (nSPS) is 27.4. The van der Waals surface area contributed by atoms with E-state index in [9.17, 15) is 4.79 Å². The van der Waals surface area contributed by atoms with Crippen LogP contribution in [0.15, 0.2) is 6.20 Å². The van der Waals surface area contributed by atoms with E-state index in [1.165, 1.54) is 0 Å². The lowest BCUT2D eigenvalue weighted by molar-refractivity contribution is -0.0668. The van der Waals surface area contributed by atoms with E-state index in [1.54, 1.807) is 15.8 Å². The van der Waals surface area contributed by atoms with Gasteiger partial charge in [0.1, 0.15) is 0 Å². The topological polar surface area (TPSA) is 92.5 Å². The molecule has 2 fully saturated rings. The molecule has 110 valence electrons. The van der Waals surface area contributed by atoms with Crippen molar-refractivity contribution < 1.29 is 14.6 Å². The number of nitrogens with one attached hydrogen (secondary N) is 1. The number of nitrogens with zero attached hydrogens (tertiary/aromatic N) is 4. The van der Waals surface area contributed by atoms with Gasteiger partial charge < -0.3 is 20.1 Å². The molecular weight excluding hydrogens is 262 g/mol. The summed E-state index contributed by atoms with van der Waals surface area (Å²) >= 11 is 0. The van der Waals surface area contributed by atoms with Crippen LogP contribution in [-0.4, -0.2) is 75.9 Å². The van der Waals surface area contributed by atoms with Crippen LogP contribution in [0.3, 0.4) is 0 Å². The highest BCUT2D eigenvalue weighted by molar-refractivity contribution is 5.92. The van der Waals surface area contributed by atoms with Gasteiger partial charge in [0.15, 0.2) is 5.69 Å². The fraction of sp³-hybridized carbons (Fsp3) is 0.750. The summed E-state index contributed by atoms with van der Waals surface area (Å²) in [5, 5.41) is 20.3. The van der Waals surface area contributed by atoms with Crippen molar-refractivity contribution in [3.8, 4) is 0 Å². The van der Waals surface area contributed by atoms with E-state index in [1.807, 2.05) is 6.92 Å². The van der Waals surface area contributed by atoms with Gasteiger partial charge in [0, 0.05) is 19.6 Å². The molecule has 2 atom stereocenters. The highest BCUT2D eigenvalue weighted by atomic mass is 16.5. The van der Waals surface area contributed by atoms with Gasteiger partial charge in [-0.05, 0) is 6.92 Å². The minimum Gasteiger partial charge on any atom is -0.394 e. The van der Waals surface area contributed by atoms with Crippen molar-refractivity contribution in [3.05, 3.63) is 11.9 Å². The Kier molecular flexibility index (Phi) is 3.68. The Balaban J connectivity index is 1.71. The van der Waals surface area contributed by atoms with Crippen molar-refractivity contribution in [2.24, 2.45) is 0 Å². The monoisotopic (exact) mass is 281 g/mol. The maximum absolute atomic E-state index is 12.5. The smallest absolute Gasteiger partial charge is 0.276 e. The van der Waals surface area contributed by atoms with Gasteiger partial charge in [0.2, 0.25) is 0 Å². The Morgan fingerprint density at radius 3 is 3.05 bits per heavy atom. The van der Waals surface area contributed by atoms with Gasteiger partial charge in [0.25, 0.3) is 5.91 Å². The van der Waals surface area contributed by atoms with E-state index >= 15 is 0 Å². The van der Waals surface area contributed by atoms with Gasteiger partial charge >= 0.3 is 0 Å². The number of hydrogen-bond acceptors (Lipinski definition) is 6. The maximum Gasteiger partial charge on any atom is 0.276 e. The summed E-state index contributed by atoms with van der Waals surface area (Å²) in [6.07, 6.45) is 1.38. The number of aliphatic hydroxyl groups excluding tert-OH is 1. The number of amides is 1. The number of aliphatic hydroxyl groups is 1. The van der Waals surface area contributed by atoms with Crippen molar-refractivity contribution in [2.45, 2.75) is 25.1 Å². The number of ether oxygens (including phenoxy) is 1. The van der Waals surface area contributed by atoms with Crippen molar-refractivity contribution in [1.29, 1.82) is 0 Å². The number of hydrogen-bond donors (Lipinski definition) is 2. The van der Waals surface area contributed by atoms with Crippen LogP contribution < -0.4 is 5.32 Å². The summed E-state index contributed by atoms with van der Waals surface area (Å²) in [5.74, 6) is -0.155. The van der Waals surface area contributed by atoms with Crippen LogP contribution in [0.5, 0.6) is 0 Å². The number of carbonyl (C=O) groups is 1. The lowest BCUT2D eigenvalue weighted by Gasteiger charge is -2.36. The Morgan fingerprint density at radius 1 is 1.60 bits per heavy atom. The molecule has 8 heteroatoms. The quantitative estimate of drug-likeness (QED) is 0.711. The average Bonchev–Trinajstić information content (AvgIpc) is 2.86. The van der Waals surface area contributed by atoms with Crippen molar-refractivity contribution in [3.63, 3.8) is 0 Å². The van der Waals surface area contributed by atoms with Crippen molar-refractivity contribution in [1.82, 2.24) is 25.2 Å². The predicted octanol–water partition coefficient (Wildman–Crippen LogP) is -1.36. The molecule has 3 heterocycles. The van der Waals surface area contributed by atoms with Crippen LogP contribution in [0.25, 0.3) is 0 Å². The van der Waals surface area contributed by atoms with Gasteiger partial charge in [-0.25, -0.2) is 4.68 Å². The van der Waals surface area contributed by atoms with Crippen molar-refractivity contribution in [2.75, 3.05) is 32.8 Å². The van der Waals surface area contributed by atoms with E-state index < -0.39 is 0 Å². The Labute approximate surface area is 116 Å². The van der Waals surface area contributed by atoms with E-state index in [0.29, 0.717) is 18.8 Å². The van der Waals surface area contributed by atoms with Gasteiger partial charge in [-0.1, -0.05) is 5.21 Å². The summed E-state index contributed by atoms with van der Waals surface area (Å²) in [7, 11) is 0. The summed E-state index contributed by atoms with van der Waals surface area (Å²) < 4.78 is 7.17. The standard InChI is InChI=1S/C12H19N5O3/c1-8-7-20-10(6-18)4-16(8)12(19)11-5-17(15-14-11)9-2-13-3-9/h5,8-10,13,18H,2-4,6-7H2,1H3. The lowest BCUT2D eigenvalue weighted by atomic mass is 10.2. The van der Waals surface area contributed by atoms with Crippen LogP contribution >= 0.6 is 0 Å². The number of aromatic nitrogens is 3. The fourth-order valence-electron chi connectivity index (χ4n) is 2.37. The molecule has 1 amide bonds. The molecule has 0 radical (unpaired) electrons. The Morgan fingerprint density at radius 2 is 2.40 bits per heavy atom. The minimum absolute atomic E-state index is 0.0270. The molecule has 2 aliphatic heterocycles. The fourth-order valence-corrected chi connectivity index (χ4v) is 2.37. The zero-order chi connectivity index (χ0) is 14.1. The molecule has 0 aromatic carbocycles. The van der Waals surface area contributed by atoms with E-state index in [-0.39, 0.29) is 30.7 Å². The molecule has 0 saturated carbocycles. The molecule has 1 aromatic rings. The molecular formula is C12H19N5O3. The molecule has 2 aliphatic rings. The van der Waals surface area contributed by atoms with Gasteiger partial charge in [0.05, 0.1) is 37.6 Å². The molecule has 0 spiro atoms. The summed E-state index contributed by atoms with van der Waals surface area (Å²) in [6.45, 7) is 4.36. The largest absolute Gasteiger partial charge is 0.394 e. The van der Waals surface area contributed by atoms with Crippen LogP contribution in [0.1, 0.15) is 23.5 Å². The first-order valence-corrected chi connectivity index (χ1v) is 6.85. The molecule has 2 saturated heterocycles. The van der Waals surface area contributed by atoms with Gasteiger partial charge in [-0.15, -0.1) is 5.10 Å². The third-order valence-corrected chi connectivity index (χ3v) is 3.83. The number of rotatable bonds is 3.